The van der Waals surface area contributed by atoms with Gasteiger partial charge >= 0.3 is 0 Å². The molecule has 0 aliphatic heterocycles. The van der Waals surface area contributed by atoms with E-state index in [-0.39, 0.29) is 17.0 Å². The molecule has 0 spiro atoms. The molecule has 0 saturated carbocycles. The van der Waals surface area contributed by atoms with Crippen LogP contribution in [-0.2, 0) is 0 Å². The lowest BCUT2D eigenvalue weighted by atomic mass is 10.1. The third kappa shape index (κ3) is 2.66. The summed E-state index contributed by atoms with van der Waals surface area (Å²) in [5.74, 6) is -4.86. The molecular formula is C13H9F3N2O2. The first kappa shape index (κ1) is 13.7. The maximum Gasteiger partial charge on any atom is 0.257 e. The van der Waals surface area contributed by atoms with E-state index in [4.69, 9.17) is 5.73 Å². The Morgan fingerprint density at radius 3 is 2.40 bits per heavy atom. The zero-order valence-corrected chi connectivity index (χ0v) is 9.95. The number of carbonyl (C=O) groups is 1. The second-order valence-corrected chi connectivity index (χ2v) is 3.97. The fourth-order valence-electron chi connectivity index (χ4n) is 1.55. The number of rotatable bonds is 2. The molecule has 0 heterocycles. The Kier molecular flexibility index (Phi) is 3.51. The summed E-state index contributed by atoms with van der Waals surface area (Å²) >= 11 is 0. The number of phenolic OH excluding ortho intramolecular Hbond substituents is 1. The van der Waals surface area contributed by atoms with Gasteiger partial charge in [-0.1, -0.05) is 0 Å². The van der Waals surface area contributed by atoms with Crippen LogP contribution in [0.4, 0.5) is 24.5 Å². The van der Waals surface area contributed by atoms with Crippen LogP contribution < -0.4 is 11.1 Å². The van der Waals surface area contributed by atoms with Crippen molar-refractivity contribution in [3.8, 4) is 5.75 Å². The number of nitrogen functional groups attached to an aromatic ring is 1. The van der Waals surface area contributed by atoms with Gasteiger partial charge in [-0.25, -0.2) is 13.2 Å². The lowest BCUT2D eigenvalue weighted by Crippen LogP contribution is -2.15. The number of nitrogens with two attached hydrogens (primary N) is 1. The Bertz CT molecular complexity index is 690. The van der Waals surface area contributed by atoms with E-state index in [9.17, 15) is 23.1 Å². The van der Waals surface area contributed by atoms with Crippen molar-refractivity contribution >= 4 is 17.3 Å². The van der Waals surface area contributed by atoms with Gasteiger partial charge in [-0.05, 0) is 18.2 Å². The minimum absolute atomic E-state index is 0.0447. The van der Waals surface area contributed by atoms with E-state index < -0.39 is 29.0 Å². The number of amides is 1. The van der Waals surface area contributed by atoms with Gasteiger partial charge in [0.05, 0.1) is 11.3 Å². The van der Waals surface area contributed by atoms with Gasteiger partial charge in [-0.3, -0.25) is 4.79 Å². The van der Waals surface area contributed by atoms with E-state index in [2.05, 4.69) is 5.32 Å². The summed E-state index contributed by atoms with van der Waals surface area (Å²) in [6, 6.07) is 4.46. The first-order valence-electron chi connectivity index (χ1n) is 5.43. The number of anilines is 2. The summed E-state index contributed by atoms with van der Waals surface area (Å²) < 4.78 is 39.1. The second kappa shape index (κ2) is 5.12. The molecule has 0 atom stereocenters. The summed E-state index contributed by atoms with van der Waals surface area (Å²) in [7, 11) is 0. The molecule has 0 aromatic heterocycles. The zero-order valence-electron chi connectivity index (χ0n) is 9.95. The van der Waals surface area contributed by atoms with Gasteiger partial charge < -0.3 is 16.2 Å². The van der Waals surface area contributed by atoms with Crippen LogP contribution in [0.15, 0.2) is 30.3 Å². The SMILES string of the molecule is Nc1ccc(O)cc1C(=O)Nc1cc(F)c(F)cc1F. The molecule has 4 N–H and O–H groups in total. The molecule has 2 aromatic carbocycles. The van der Waals surface area contributed by atoms with Crippen molar-refractivity contribution in [3.63, 3.8) is 0 Å². The Labute approximate surface area is 111 Å². The summed E-state index contributed by atoms with van der Waals surface area (Å²) in [6.45, 7) is 0. The number of phenols is 1. The Morgan fingerprint density at radius 1 is 1.05 bits per heavy atom. The molecule has 0 aliphatic carbocycles. The molecule has 0 radical (unpaired) electrons. The highest BCUT2D eigenvalue weighted by atomic mass is 19.2. The van der Waals surface area contributed by atoms with E-state index in [0.717, 1.165) is 6.07 Å². The van der Waals surface area contributed by atoms with Gasteiger partial charge in [0.2, 0.25) is 0 Å². The van der Waals surface area contributed by atoms with Crippen LogP contribution >= 0.6 is 0 Å². The number of aromatic hydroxyl groups is 1. The quantitative estimate of drug-likeness (QED) is 0.450. The first-order chi connectivity index (χ1) is 9.38. The summed E-state index contributed by atoms with van der Waals surface area (Å²) in [5.41, 5.74) is 4.93. The van der Waals surface area contributed by atoms with Gasteiger partial charge in [-0.2, -0.15) is 0 Å². The topological polar surface area (TPSA) is 75.3 Å². The summed E-state index contributed by atoms with van der Waals surface area (Å²) in [6.07, 6.45) is 0. The lowest BCUT2D eigenvalue weighted by Gasteiger charge is -2.09. The molecule has 0 aliphatic rings. The Hall–Kier alpha value is -2.70. The van der Waals surface area contributed by atoms with E-state index in [1.807, 2.05) is 0 Å². The zero-order chi connectivity index (χ0) is 14.9. The van der Waals surface area contributed by atoms with Crippen LogP contribution in [0.2, 0.25) is 0 Å². The van der Waals surface area contributed by atoms with Crippen LogP contribution in [-0.4, -0.2) is 11.0 Å². The van der Waals surface area contributed by atoms with Gasteiger partial charge in [0.1, 0.15) is 11.6 Å². The third-order valence-corrected chi connectivity index (χ3v) is 2.54. The molecule has 20 heavy (non-hydrogen) atoms. The van der Waals surface area contributed by atoms with Crippen molar-refractivity contribution in [2.45, 2.75) is 0 Å². The number of hydrogen-bond acceptors (Lipinski definition) is 3. The van der Waals surface area contributed by atoms with E-state index >= 15 is 0 Å². The van der Waals surface area contributed by atoms with Gasteiger partial charge in [-0.15, -0.1) is 0 Å². The highest BCUT2D eigenvalue weighted by Crippen LogP contribution is 2.22. The van der Waals surface area contributed by atoms with Gasteiger partial charge in [0, 0.05) is 17.8 Å². The number of halogens is 3. The third-order valence-electron chi connectivity index (χ3n) is 2.54. The van der Waals surface area contributed by atoms with E-state index in [0.29, 0.717) is 12.1 Å². The molecule has 0 fully saturated rings. The second-order valence-electron chi connectivity index (χ2n) is 3.97. The Morgan fingerprint density at radius 2 is 1.70 bits per heavy atom. The predicted octanol–water partition coefficient (Wildman–Crippen LogP) is 2.64. The van der Waals surface area contributed by atoms with Crippen LogP contribution in [0.5, 0.6) is 5.75 Å². The fraction of sp³-hybridized carbons (Fsp3) is 0. The minimum atomic E-state index is -1.36. The molecule has 0 saturated heterocycles. The van der Waals surface area contributed by atoms with Crippen LogP contribution in [0.25, 0.3) is 0 Å². The number of carbonyl (C=O) groups excluding carboxylic acids is 1. The van der Waals surface area contributed by atoms with Crippen molar-refractivity contribution in [3.05, 3.63) is 53.3 Å². The molecule has 104 valence electrons. The van der Waals surface area contributed by atoms with Crippen LogP contribution in [0, 0.1) is 17.5 Å². The molecule has 4 nitrogen and oxygen atoms in total. The van der Waals surface area contributed by atoms with Crippen molar-refractivity contribution in [1.29, 1.82) is 0 Å². The highest BCUT2D eigenvalue weighted by Gasteiger charge is 2.15. The smallest absolute Gasteiger partial charge is 0.257 e. The highest BCUT2D eigenvalue weighted by molar-refractivity contribution is 6.08. The van der Waals surface area contributed by atoms with E-state index in [1.54, 1.807) is 0 Å². The minimum Gasteiger partial charge on any atom is -0.508 e. The molecule has 7 heteroatoms. The average molecular weight is 282 g/mol. The average Bonchev–Trinajstić information content (AvgIpc) is 2.38. The van der Waals surface area contributed by atoms with Crippen molar-refractivity contribution in [2.75, 3.05) is 11.1 Å². The van der Waals surface area contributed by atoms with Crippen LogP contribution in [0.1, 0.15) is 10.4 Å². The summed E-state index contributed by atoms with van der Waals surface area (Å²) in [5, 5.41) is 11.3. The fourth-order valence-corrected chi connectivity index (χ4v) is 1.55. The van der Waals surface area contributed by atoms with Crippen molar-refractivity contribution in [1.82, 2.24) is 0 Å². The maximum absolute atomic E-state index is 13.4. The van der Waals surface area contributed by atoms with Crippen molar-refractivity contribution < 1.29 is 23.1 Å². The molecular weight excluding hydrogens is 273 g/mol. The van der Waals surface area contributed by atoms with E-state index in [1.165, 1.54) is 12.1 Å². The predicted molar refractivity (Wildman–Crippen MR) is 66.8 cm³/mol. The molecule has 2 aromatic rings. The van der Waals surface area contributed by atoms with Gasteiger partial charge in [0.15, 0.2) is 11.6 Å². The number of nitrogens with one attached hydrogen (secondary N) is 1. The lowest BCUT2D eigenvalue weighted by molar-refractivity contribution is 0.102. The number of hydrogen-bond donors (Lipinski definition) is 3. The molecule has 2 rings (SSSR count). The standard InChI is InChI=1S/C13H9F3N2O2/c14-8-4-10(16)12(5-9(8)15)18-13(20)7-3-6(19)1-2-11(7)17/h1-5,19H,17H2,(H,18,20). The van der Waals surface area contributed by atoms with Crippen LogP contribution in [0.3, 0.4) is 0 Å². The largest absolute Gasteiger partial charge is 0.508 e. The van der Waals surface area contributed by atoms with Gasteiger partial charge in [0.25, 0.3) is 5.91 Å². The summed E-state index contributed by atoms with van der Waals surface area (Å²) in [4.78, 5) is 11.9. The maximum atomic E-state index is 13.4. The van der Waals surface area contributed by atoms with Crippen molar-refractivity contribution in [2.24, 2.45) is 0 Å². The monoisotopic (exact) mass is 282 g/mol. The Balaban J connectivity index is 2.32. The first-order valence-corrected chi connectivity index (χ1v) is 5.43. The molecule has 1 amide bonds. The normalized spacial score (nSPS) is 10.3. The molecule has 0 unspecified atom stereocenters. The number of benzene rings is 2. The molecule has 0 bridgehead atoms.